The van der Waals surface area contributed by atoms with E-state index in [0.29, 0.717) is 22.8 Å². The molecule has 3 aromatic rings. The van der Waals surface area contributed by atoms with Crippen LogP contribution in [0.3, 0.4) is 0 Å². The summed E-state index contributed by atoms with van der Waals surface area (Å²) in [7, 11) is 0. The Kier molecular flexibility index (Phi) is 6.49. The zero-order chi connectivity index (χ0) is 19.8. The summed E-state index contributed by atoms with van der Waals surface area (Å²) in [6.45, 7) is 0.485. The quantitative estimate of drug-likeness (QED) is 0.375. The Morgan fingerprint density at radius 3 is 2.64 bits per heavy atom. The molecule has 3 rings (SSSR count). The fourth-order valence-electron chi connectivity index (χ4n) is 2.53. The van der Waals surface area contributed by atoms with Crippen molar-refractivity contribution in [2.45, 2.75) is 6.54 Å². The number of carbonyl (C=O) groups is 1. The number of pyridine rings is 1. The number of aromatic nitrogens is 1. The number of halogens is 1. The molecular formula is C21H18ClN5O. The molecule has 3 N–H and O–H groups in total. The van der Waals surface area contributed by atoms with Gasteiger partial charge in [-0.15, -0.1) is 0 Å². The van der Waals surface area contributed by atoms with Gasteiger partial charge in [0.1, 0.15) is 0 Å². The van der Waals surface area contributed by atoms with Gasteiger partial charge in [-0.3, -0.25) is 14.8 Å². The predicted octanol–water partition coefficient (Wildman–Crippen LogP) is 4.17. The number of hydrazone groups is 1. The number of carbonyl (C=O) groups excluding carboxylic acids is 1. The Morgan fingerprint density at radius 2 is 1.93 bits per heavy atom. The standard InChI is InChI=1S/C21H18ClN5O/c22-19-9-8-17(13-18(19)20-3-1-2-10-25-20)27-21(28)16-6-4-15(5-7-16)14-24-11-12-26-23/h1-13H,14,23H2,(H,27,28). The maximum atomic E-state index is 12.5. The molecule has 0 aliphatic carbocycles. The summed E-state index contributed by atoms with van der Waals surface area (Å²) in [6.07, 6.45) is 4.64. The first-order chi connectivity index (χ1) is 13.7. The normalized spacial score (nSPS) is 11.2. The maximum absolute atomic E-state index is 12.5. The predicted molar refractivity (Wildman–Crippen MR) is 114 cm³/mol. The number of amides is 1. The molecule has 0 aliphatic rings. The van der Waals surface area contributed by atoms with Gasteiger partial charge in [0.15, 0.2) is 0 Å². The van der Waals surface area contributed by atoms with E-state index in [4.69, 9.17) is 17.4 Å². The number of anilines is 1. The van der Waals surface area contributed by atoms with Gasteiger partial charge in [0.2, 0.25) is 0 Å². The summed E-state index contributed by atoms with van der Waals surface area (Å²) in [5.41, 5.74) is 3.67. The molecular weight excluding hydrogens is 374 g/mol. The lowest BCUT2D eigenvalue weighted by molar-refractivity contribution is 0.102. The highest BCUT2D eigenvalue weighted by Gasteiger charge is 2.10. The molecule has 6 nitrogen and oxygen atoms in total. The van der Waals surface area contributed by atoms with Crippen molar-refractivity contribution < 1.29 is 4.79 Å². The number of rotatable bonds is 6. The minimum Gasteiger partial charge on any atom is -0.323 e. The summed E-state index contributed by atoms with van der Waals surface area (Å²) < 4.78 is 0. The van der Waals surface area contributed by atoms with Crippen molar-refractivity contribution in [3.63, 3.8) is 0 Å². The van der Waals surface area contributed by atoms with Crippen LogP contribution in [0.5, 0.6) is 0 Å². The zero-order valence-corrected chi connectivity index (χ0v) is 15.7. The van der Waals surface area contributed by atoms with Gasteiger partial charge >= 0.3 is 0 Å². The van der Waals surface area contributed by atoms with E-state index in [9.17, 15) is 4.79 Å². The van der Waals surface area contributed by atoms with Crippen molar-refractivity contribution in [2.24, 2.45) is 15.9 Å². The summed E-state index contributed by atoms with van der Waals surface area (Å²) in [5, 5.41) is 6.79. The van der Waals surface area contributed by atoms with Gasteiger partial charge in [0.25, 0.3) is 5.91 Å². The highest BCUT2D eigenvalue weighted by molar-refractivity contribution is 6.33. The van der Waals surface area contributed by atoms with Crippen LogP contribution in [0.4, 0.5) is 5.69 Å². The molecule has 0 radical (unpaired) electrons. The van der Waals surface area contributed by atoms with Crippen LogP contribution in [0.25, 0.3) is 11.3 Å². The van der Waals surface area contributed by atoms with Crippen LogP contribution in [0.15, 0.2) is 77.0 Å². The van der Waals surface area contributed by atoms with Gasteiger partial charge in [0, 0.05) is 29.2 Å². The molecule has 0 aliphatic heterocycles. The second kappa shape index (κ2) is 9.43. The molecule has 140 valence electrons. The number of aliphatic imine (C=N–C) groups is 1. The van der Waals surface area contributed by atoms with Gasteiger partial charge in [0.05, 0.1) is 23.5 Å². The summed E-state index contributed by atoms with van der Waals surface area (Å²) in [5.74, 6) is 4.79. The smallest absolute Gasteiger partial charge is 0.255 e. The number of nitrogens with one attached hydrogen (secondary N) is 1. The van der Waals surface area contributed by atoms with Crippen LogP contribution in [-0.4, -0.2) is 23.3 Å². The summed E-state index contributed by atoms with van der Waals surface area (Å²) in [4.78, 5) is 21.0. The minimum atomic E-state index is -0.209. The topological polar surface area (TPSA) is 92.7 Å². The highest BCUT2D eigenvalue weighted by Crippen LogP contribution is 2.29. The Hall–Kier alpha value is -3.51. The number of hydrogen-bond acceptors (Lipinski definition) is 5. The van der Waals surface area contributed by atoms with Crippen LogP contribution in [-0.2, 0) is 6.54 Å². The molecule has 0 unspecified atom stereocenters. The number of hydrogen-bond donors (Lipinski definition) is 2. The van der Waals surface area contributed by atoms with E-state index in [2.05, 4.69) is 20.4 Å². The van der Waals surface area contributed by atoms with Crippen molar-refractivity contribution in [2.75, 3.05) is 5.32 Å². The van der Waals surface area contributed by atoms with Gasteiger partial charge in [-0.2, -0.15) is 5.10 Å². The van der Waals surface area contributed by atoms with E-state index >= 15 is 0 Å². The Bertz CT molecular complexity index is 1000. The zero-order valence-electron chi connectivity index (χ0n) is 14.9. The monoisotopic (exact) mass is 391 g/mol. The van der Waals surface area contributed by atoms with Crippen LogP contribution in [0.2, 0.25) is 5.02 Å². The van der Waals surface area contributed by atoms with E-state index in [0.717, 1.165) is 16.8 Å². The fraction of sp³-hybridized carbons (Fsp3) is 0.0476. The Balaban J connectivity index is 1.71. The Morgan fingerprint density at radius 1 is 1.11 bits per heavy atom. The maximum Gasteiger partial charge on any atom is 0.255 e. The van der Waals surface area contributed by atoms with E-state index in [1.54, 1.807) is 30.5 Å². The second-order valence-corrected chi connectivity index (χ2v) is 6.26. The largest absolute Gasteiger partial charge is 0.323 e. The second-order valence-electron chi connectivity index (χ2n) is 5.85. The first-order valence-corrected chi connectivity index (χ1v) is 8.88. The van der Waals surface area contributed by atoms with Gasteiger partial charge in [-0.25, -0.2) is 0 Å². The number of nitrogens with zero attached hydrogens (tertiary/aromatic N) is 3. The lowest BCUT2D eigenvalue weighted by atomic mass is 10.1. The lowest BCUT2D eigenvalue weighted by Gasteiger charge is -2.09. The van der Waals surface area contributed by atoms with E-state index in [-0.39, 0.29) is 5.91 Å². The minimum absolute atomic E-state index is 0.209. The molecule has 28 heavy (non-hydrogen) atoms. The van der Waals surface area contributed by atoms with E-state index in [1.165, 1.54) is 12.4 Å². The molecule has 1 aromatic heterocycles. The third kappa shape index (κ3) is 5.02. The molecule has 0 fully saturated rings. The van der Waals surface area contributed by atoms with Crippen molar-refractivity contribution >= 4 is 35.6 Å². The SMILES string of the molecule is NN=CC=NCc1ccc(C(=O)Nc2ccc(Cl)c(-c3ccccn3)c2)cc1. The van der Waals surface area contributed by atoms with Crippen LogP contribution in [0.1, 0.15) is 15.9 Å². The van der Waals surface area contributed by atoms with E-state index in [1.807, 2.05) is 36.4 Å². The lowest BCUT2D eigenvalue weighted by Crippen LogP contribution is -2.11. The van der Waals surface area contributed by atoms with Gasteiger partial charge in [-0.1, -0.05) is 29.8 Å². The third-order valence-corrected chi connectivity index (χ3v) is 4.24. The average molecular weight is 392 g/mol. The van der Waals surface area contributed by atoms with Crippen LogP contribution in [0, 0.1) is 0 Å². The molecule has 0 bridgehead atoms. The van der Waals surface area contributed by atoms with Crippen molar-refractivity contribution in [3.8, 4) is 11.3 Å². The molecule has 0 saturated carbocycles. The molecule has 1 amide bonds. The van der Waals surface area contributed by atoms with Crippen molar-refractivity contribution in [3.05, 3.63) is 83.0 Å². The molecule has 2 aromatic carbocycles. The fourth-order valence-corrected chi connectivity index (χ4v) is 2.74. The number of benzene rings is 2. The Labute approximate surface area is 167 Å². The first kappa shape index (κ1) is 19.3. The molecule has 7 heteroatoms. The first-order valence-electron chi connectivity index (χ1n) is 8.50. The van der Waals surface area contributed by atoms with Gasteiger partial charge in [-0.05, 0) is 48.0 Å². The van der Waals surface area contributed by atoms with Crippen molar-refractivity contribution in [1.29, 1.82) is 0 Å². The molecule has 0 spiro atoms. The third-order valence-electron chi connectivity index (χ3n) is 3.91. The van der Waals surface area contributed by atoms with Crippen molar-refractivity contribution in [1.82, 2.24) is 4.98 Å². The molecule has 1 heterocycles. The average Bonchev–Trinajstić information content (AvgIpc) is 2.73. The molecule has 0 atom stereocenters. The van der Waals surface area contributed by atoms with Crippen LogP contribution < -0.4 is 11.2 Å². The highest BCUT2D eigenvalue weighted by atomic mass is 35.5. The van der Waals surface area contributed by atoms with Gasteiger partial charge < -0.3 is 11.2 Å². The summed E-state index contributed by atoms with van der Waals surface area (Å²) in [6, 6.07) is 18.1. The van der Waals surface area contributed by atoms with Crippen LogP contribution >= 0.6 is 11.6 Å². The number of nitrogens with two attached hydrogens (primary N) is 1. The molecule has 0 saturated heterocycles. The van der Waals surface area contributed by atoms with E-state index < -0.39 is 0 Å². The summed E-state index contributed by atoms with van der Waals surface area (Å²) >= 11 is 6.28.